The largest absolute Gasteiger partial charge is 0.413 e. The highest BCUT2D eigenvalue weighted by Crippen LogP contribution is 2.39. The lowest BCUT2D eigenvalue weighted by Crippen LogP contribution is -2.50. The average Bonchev–Trinajstić information content (AvgIpc) is 2.96. The summed E-state index contributed by atoms with van der Waals surface area (Å²) >= 11 is 4.06. The Hall–Kier alpha value is 0.334. The molecule has 0 radical (unpaired) electrons. The molecule has 0 spiro atoms. The summed E-state index contributed by atoms with van der Waals surface area (Å²) in [5.74, 6) is 0. The molecule has 0 rings (SSSR count). The molecule has 0 fully saturated rings. The SMILES string of the molecule is CCCCCCCCCCC(CN(CCCCC(=O)S)CC(CCCCCCCCCC)O[Si](C)(C)C(C)(C)C)O[Si](C)(C)C(C)(C)C. The average molecular weight is 730 g/mol. The van der Waals surface area contributed by atoms with Gasteiger partial charge in [-0.1, -0.05) is 158 Å². The van der Waals surface area contributed by atoms with Crippen LogP contribution >= 0.6 is 12.6 Å². The van der Waals surface area contributed by atoms with Crippen molar-refractivity contribution in [3.05, 3.63) is 0 Å². The highest BCUT2D eigenvalue weighted by Gasteiger charge is 2.41. The summed E-state index contributed by atoms with van der Waals surface area (Å²) in [6, 6.07) is 0. The molecule has 4 nitrogen and oxygen atoms in total. The maximum Gasteiger partial charge on any atom is 0.192 e. The minimum absolute atomic E-state index is 0.00390. The van der Waals surface area contributed by atoms with Crippen molar-refractivity contribution in [1.82, 2.24) is 4.90 Å². The monoisotopic (exact) mass is 730 g/mol. The van der Waals surface area contributed by atoms with E-state index in [2.05, 4.69) is 99.1 Å². The summed E-state index contributed by atoms with van der Waals surface area (Å²) in [4.78, 5) is 14.3. The van der Waals surface area contributed by atoms with E-state index in [1.165, 1.54) is 103 Å². The molecule has 0 bridgehead atoms. The van der Waals surface area contributed by atoms with Crippen LogP contribution in [0.2, 0.25) is 36.3 Å². The van der Waals surface area contributed by atoms with Crippen LogP contribution in [0.4, 0.5) is 0 Å². The maximum absolute atomic E-state index is 11.7. The quantitative estimate of drug-likeness (QED) is 0.0438. The van der Waals surface area contributed by atoms with E-state index in [1.807, 2.05) is 0 Å². The molecule has 0 aromatic rings. The Morgan fingerprint density at radius 3 is 1.21 bits per heavy atom. The predicted molar refractivity (Wildman–Crippen MR) is 223 cm³/mol. The van der Waals surface area contributed by atoms with E-state index in [4.69, 9.17) is 8.85 Å². The zero-order valence-electron chi connectivity index (χ0n) is 34.7. The molecule has 0 N–H and O–H groups in total. The van der Waals surface area contributed by atoms with Crippen molar-refractivity contribution in [1.29, 1.82) is 0 Å². The zero-order valence-corrected chi connectivity index (χ0v) is 37.6. The van der Waals surface area contributed by atoms with Crippen LogP contribution in [0, 0.1) is 0 Å². The summed E-state index contributed by atoms with van der Waals surface area (Å²) < 4.78 is 14.5. The van der Waals surface area contributed by atoms with Gasteiger partial charge in [-0.05, 0) is 68.5 Å². The fraction of sp³-hybridized carbons (Fsp3) is 0.976. The van der Waals surface area contributed by atoms with Crippen LogP contribution in [0.3, 0.4) is 0 Å². The summed E-state index contributed by atoms with van der Waals surface area (Å²) in [5.41, 5.74) is 0. The number of nitrogens with zero attached hydrogens (tertiary/aromatic N) is 1. The van der Waals surface area contributed by atoms with Crippen LogP contribution in [-0.4, -0.2) is 58.5 Å². The standard InChI is InChI=1S/C41H87NO3SSi2/c1-13-15-17-19-21-23-25-27-31-37(44-47(9,10)40(3,4)5)35-42(34-30-29-33-39(43)46)36-38(45-48(11,12)41(6,7)8)32-28-26-24-22-20-18-16-14-2/h37-38H,13-36H2,1-12H3,(H,43,46). The fourth-order valence-electron chi connectivity index (χ4n) is 6.02. The van der Waals surface area contributed by atoms with Crippen LogP contribution in [-0.2, 0) is 13.6 Å². The van der Waals surface area contributed by atoms with Crippen molar-refractivity contribution in [2.45, 2.75) is 239 Å². The van der Waals surface area contributed by atoms with Crippen molar-refractivity contribution in [2.24, 2.45) is 0 Å². The Bertz CT molecular complexity index is 740. The zero-order chi connectivity index (χ0) is 36.7. The van der Waals surface area contributed by atoms with Crippen LogP contribution < -0.4 is 0 Å². The van der Waals surface area contributed by atoms with E-state index in [-0.39, 0.29) is 27.4 Å². The van der Waals surface area contributed by atoms with Gasteiger partial charge in [0.2, 0.25) is 0 Å². The molecule has 0 saturated heterocycles. The minimum Gasteiger partial charge on any atom is -0.413 e. The molecule has 0 aliphatic rings. The Balaban J connectivity index is 5.86. The molecule has 0 aliphatic heterocycles. The van der Waals surface area contributed by atoms with Crippen molar-refractivity contribution in [3.63, 3.8) is 0 Å². The highest BCUT2D eigenvalue weighted by molar-refractivity contribution is 7.96. The Kier molecular flexibility index (Phi) is 26.3. The van der Waals surface area contributed by atoms with Gasteiger partial charge in [-0.15, -0.1) is 12.6 Å². The van der Waals surface area contributed by atoms with Gasteiger partial charge in [-0.25, -0.2) is 0 Å². The van der Waals surface area contributed by atoms with Gasteiger partial charge in [0.1, 0.15) is 0 Å². The smallest absolute Gasteiger partial charge is 0.192 e. The van der Waals surface area contributed by atoms with E-state index in [9.17, 15) is 4.79 Å². The first-order valence-electron chi connectivity index (χ1n) is 20.7. The number of hydrogen-bond acceptors (Lipinski definition) is 4. The lowest BCUT2D eigenvalue weighted by atomic mass is 10.0. The second kappa shape index (κ2) is 26.2. The van der Waals surface area contributed by atoms with Gasteiger partial charge >= 0.3 is 0 Å². The maximum atomic E-state index is 11.7. The Morgan fingerprint density at radius 1 is 0.562 bits per heavy atom. The number of hydrogen-bond donors (Lipinski definition) is 1. The van der Waals surface area contributed by atoms with E-state index < -0.39 is 16.6 Å². The summed E-state index contributed by atoms with van der Waals surface area (Å²) in [5, 5.41) is 0.379. The lowest BCUT2D eigenvalue weighted by Gasteiger charge is -2.42. The lowest BCUT2D eigenvalue weighted by molar-refractivity contribution is -0.110. The molecule has 0 amide bonds. The molecular weight excluding hydrogens is 643 g/mol. The molecule has 0 heterocycles. The first-order valence-corrected chi connectivity index (χ1v) is 26.9. The second-order valence-corrected chi connectivity index (χ2v) is 28.1. The first kappa shape index (κ1) is 48.3. The van der Waals surface area contributed by atoms with Crippen LogP contribution in [0.15, 0.2) is 0 Å². The van der Waals surface area contributed by atoms with E-state index in [1.54, 1.807) is 0 Å². The third kappa shape index (κ3) is 23.7. The number of unbranched alkanes of at least 4 members (excludes halogenated alkanes) is 15. The molecule has 0 aliphatic carbocycles. The van der Waals surface area contributed by atoms with E-state index >= 15 is 0 Å². The van der Waals surface area contributed by atoms with Gasteiger partial charge in [0, 0.05) is 19.5 Å². The number of rotatable bonds is 31. The summed E-state index contributed by atoms with van der Waals surface area (Å²) in [7, 11) is -3.86. The molecule has 2 atom stereocenters. The number of carbonyl (C=O) groups excluding carboxylic acids is 1. The molecule has 0 saturated carbocycles. The molecule has 48 heavy (non-hydrogen) atoms. The normalized spacial score (nSPS) is 14.5. The van der Waals surface area contributed by atoms with Gasteiger partial charge < -0.3 is 8.85 Å². The van der Waals surface area contributed by atoms with Gasteiger partial charge in [0.25, 0.3) is 0 Å². The van der Waals surface area contributed by atoms with Crippen LogP contribution in [0.25, 0.3) is 0 Å². The Morgan fingerprint density at radius 2 is 0.896 bits per heavy atom. The van der Waals surface area contributed by atoms with Gasteiger partial charge in [-0.3, -0.25) is 9.69 Å². The summed E-state index contributed by atoms with van der Waals surface area (Å²) in [6.45, 7) is 31.4. The first-order chi connectivity index (χ1) is 22.4. The molecule has 0 aromatic carbocycles. The molecule has 288 valence electrons. The highest BCUT2D eigenvalue weighted by atomic mass is 32.1. The molecular formula is C41H87NO3SSi2. The third-order valence-corrected chi connectivity index (χ3v) is 20.6. The van der Waals surface area contributed by atoms with E-state index in [0.29, 0.717) is 6.42 Å². The fourth-order valence-corrected chi connectivity index (χ4v) is 8.94. The van der Waals surface area contributed by atoms with Gasteiger partial charge in [0.05, 0.1) is 12.2 Å². The van der Waals surface area contributed by atoms with Crippen molar-refractivity contribution in [2.75, 3.05) is 19.6 Å². The van der Waals surface area contributed by atoms with Crippen LogP contribution in [0.5, 0.6) is 0 Å². The van der Waals surface area contributed by atoms with Crippen molar-refractivity contribution >= 4 is 34.4 Å². The van der Waals surface area contributed by atoms with Gasteiger partial charge in [-0.2, -0.15) is 0 Å². The number of carbonyl (C=O) groups is 1. The minimum atomic E-state index is -1.93. The second-order valence-electron chi connectivity index (χ2n) is 18.1. The van der Waals surface area contributed by atoms with Crippen molar-refractivity contribution < 1.29 is 13.6 Å². The predicted octanol–water partition coefficient (Wildman–Crippen LogP) is 13.8. The topological polar surface area (TPSA) is 38.8 Å². The molecule has 7 heteroatoms. The summed E-state index contributed by atoms with van der Waals surface area (Å²) in [6.07, 6.45) is 26.7. The van der Waals surface area contributed by atoms with Crippen molar-refractivity contribution in [3.8, 4) is 0 Å². The Labute approximate surface area is 310 Å². The van der Waals surface area contributed by atoms with Crippen LogP contribution in [0.1, 0.15) is 190 Å². The molecule has 2 unspecified atom stereocenters. The molecule has 0 aromatic heterocycles. The van der Waals surface area contributed by atoms with E-state index in [0.717, 1.165) is 45.3 Å². The number of thiol groups is 1. The third-order valence-electron chi connectivity index (χ3n) is 11.3. The van der Waals surface area contributed by atoms with Gasteiger partial charge in [0.15, 0.2) is 21.8 Å².